The molecule has 0 spiro atoms. The van der Waals surface area contributed by atoms with Crippen LogP contribution in [0.15, 0.2) is 60.7 Å². The number of hydrogen-bond donors (Lipinski definition) is 1. The fourth-order valence-corrected chi connectivity index (χ4v) is 4.75. The monoisotopic (exact) mass is 278 g/mol. The second-order valence-electron chi connectivity index (χ2n) is 6.75. The fourth-order valence-electron chi connectivity index (χ4n) is 4.75. The van der Waals surface area contributed by atoms with E-state index in [1.807, 2.05) is 0 Å². The molecule has 0 aliphatic heterocycles. The molecule has 3 atom stereocenters. The summed E-state index contributed by atoms with van der Waals surface area (Å²) in [5.41, 5.74) is 2.82. The molecule has 21 heavy (non-hydrogen) atoms. The molecule has 3 aliphatic carbocycles. The van der Waals surface area contributed by atoms with Gasteiger partial charge in [0, 0.05) is 0 Å². The molecule has 0 saturated heterocycles. The standard InChI is InChI=1S/C20H22O/c21-19-13-14-11-17(15-7-3-1-4-8-15)20(19)18(12-14)16-9-5-2-6-10-16/h1-10,14,17-21H,11-13H2. The van der Waals surface area contributed by atoms with Gasteiger partial charge in [0.25, 0.3) is 0 Å². The summed E-state index contributed by atoms with van der Waals surface area (Å²) < 4.78 is 0. The molecular weight excluding hydrogens is 256 g/mol. The van der Waals surface area contributed by atoms with Crippen molar-refractivity contribution in [3.05, 3.63) is 71.8 Å². The Morgan fingerprint density at radius 3 is 1.57 bits per heavy atom. The first kappa shape index (κ1) is 13.1. The largest absolute Gasteiger partial charge is 0.393 e. The Hall–Kier alpha value is -1.60. The lowest BCUT2D eigenvalue weighted by Gasteiger charge is -2.51. The maximum atomic E-state index is 10.7. The summed E-state index contributed by atoms with van der Waals surface area (Å²) in [6.07, 6.45) is 3.34. The van der Waals surface area contributed by atoms with Crippen molar-refractivity contribution in [1.29, 1.82) is 0 Å². The lowest BCUT2D eigenvalue weighted by Crippen LogP contribution is -2.45. The molecule has 5 rings (SSSR count). The highest BCUT2D eigenvalue weighted by Crippen LogP contribution is 2.55. The lowest BCUT2D eigenvalue weighted by atomic mass is 9.55. The average molecular weight is 278 g/mol. The minimum atomic E-state index is -0.145. The summed E-state index contributed by atoms with van der Waals surface area (Å²) in [6.45, 7) is 0. The van der Waals surface area contributed by atoms with Crippen molar-refractivity contribution in [2.24, 2.45) is 11.8 Å². The van der Waals surface area contributed by atoms with Crippen LogP contribution in [0.5, 0.6) is 0 Å². The Morgan fingerprint density at radius 1 is 0.667 bits per heavy atom. The summed E-state index contributed by atoms with van der Waals surface area (Å²) >= 11 is 0. The van der Waals surface area contributed by atoms with E-state index >= 15 is 0 Å². The number of aliphatic hydroxyl groups is 1. The molecule has 3 aliphatic rings. The third-order valence-electron chi connectivity index (χ3n) is 5.58. The van der Waals surface area contributed by atoms with Crippen LogP contribution in [0.3, 0.4) is 0 Å². The van der Waals surface area contributed by atoms with Gasteiger partial charge in [0.05, 0.1) is 6.10 Å². The van der Waals surface area contributed by atoms with Crippen molar-refractivity contribution in [2.75, 3.05) is 0 Å². The fraction of sp³-hybridized carbons (Fsp3) is 0.400. The van der Waals surface area contributed by atoms with Crippen molar-refractivity contribution in [1.82, 2.24) is 0 Å². The van der Waals surface area contributed by atoms with Gasteiger partial charge in [-0.3, -0.25) is 0 Å². The number of rotatable bonds is 2. The predicted octanol–water partition coefficient (Wildman–Crippen LogP) is 4.34. The summed E-state index contributed by atoms with van der Waals surface area (Å²) in [6, 6.07) is 21.6. The van der Waals surface area contributed by atoms with Crippen LogP contribution < -0.4 is 0 Å². The third kappa shape index (κ3) is 2.30. The zero-order chi connectivity index (χ0) is 14.2. The van der Waals surface area contributed by atoms with Crippen molar-refractivity contribution >= 4 is 0 Å². The molecular formula is C20H22O. The molecule has 1 nitrogen and oxygen atoms in total. The normalized spacial score (nSPS) is 34.8. The summed E-state index contributed by atoms with van der Waals surface area (Å²) in [4.78, 5) is 0. The van der Waals surface area contributed by atoms with Gasteiger partial charge >= 0.3 is 0 Å². The Labute approximate surface area is 126 Å². The zero-order valence-corrected chi connectivity index (χ0v) is 12.2. The number of aliphatic hydroxyl groups excluding tert-OH is 1. The van der Waals surface area contributed by atoms with Crippen LogP contribution in [-0.2, 0) is 0 Å². The molecule has 0 radical (unpaired) electrons. The quantitative estimate of drug-likeness (QED) is 0.866. The second-order valence-corrected chi connectivity index (χ2v) is 6.75. The van der Waals surface area contributed by atoms with E-state index < -0.39 is 0 Å². The van der Waals surface area contributed by atoms with Crippen LogP contribution >= 0.6 is 0 Å². The number of hydrogen-bond acceptors (Lipinski definition) is 1. The van der Waals surface area contributed by atoms with Gasteiger partial charge in [0.15, 0.2) is 0 Å². The maximum absolute atomic E-state index is 10.7. The summed E-state index contributed by atoms with van der Waals surface area (Å²) in [7, 11) is 0. The van der Waals surface area contributed by atoms with Gasteiger partial charge in [0.2, 0.25) is 0 Å². The van der Waals surface area contributed by atoms with E-state index in [1.54, 1.807) is 0 Å². The molecule has 2 aromatic rings. The first-order valence-electron chi connectivity index (χ1n) is 8.11. The van der Waals surface area contributed by atoms with E-state index in [9.17, 15) is 5.11 Å². The van der Waals surface area contributed by atoms with Gasteiger partial charge in [-0.25, -0.2) is 0 Å². The van der Waals surface area contributed by atoms with Gasteiger partial charge in [-0.05, 0) is 54.1 Å². The molecule has 3 unspecified atom stereocenters. The second kappa shape index (κ2) is 5.31. The van der Waals surface area contributed by atoms with E-state index in [0.29, 0.717) is 23.7 Å². The molecule has 2 bridgehead atoms. The molecule has 1 heteroatoms. The van der Waals surface area contributed by atoms with Crippen LogP contribution in [0.2, 0.25) is 0 Å². The van der Waals surface area contributed by atoms with E-state index in [-0.39, 0.29) is 6.10 Å². The maximum Gasteiger partial charge on any atom is 0.0582 e. The van der Waals surface area contributed by atoms with Gasteiger partial charge in [-0.15, -0.1) is 0 Å². The Morgan fingerprint density at radius 2 is 1.14 bits per heavy atom. The molecule has 0 amide bonds. The predicted molar refractivity (Wildman–Crippen MR) is 85.2 cm³/mol. The van der Waals surface area contributed by atoms with Crippen LogP contribution in [0.4, 0.5) is 0 Å². The zero-order valence-electron chi connectivity index (χ0n) is 12.2. The number of benzene rings is 2. The highest BCUT2D eigenvalue weighted by Gasteiger charge is 2.47. The first-order chi connectivity index (χ1) is 10.3. The van der Waals surface area contributed by atoms with E-state index in [2.05, 4.69) is 60.7 Å². The minimum absolute atomic E-state index is 0.145. The topological polar surface area (TPSA) is 20.2 Å². The minimum Gasteiger partial charge on any atom is -0.393 e. The highest BCUT2D eigenvalue weighted by atomic mass is 16.3. The molecule has 0 heterocycles. The smallest absolute Gasteiger partial charge is 0.0582 e. The average Bonchev–Trinajstić information content (AvgIpc) is 2.56. The van der Waals surface area contributed by atoms with Crippen molar-refractivity contribution < 1.29 is 5.11 Å². The molecule has 1 N–H and O–H groups in total. The Bertz CT molecular complexity index is 542. The van der Waals surface area contributed by atoms with Crippen LogP contribution in [-0.4, -0.2) is 11.2 Å². The Kier molecular flexibility index (Phi) is 3.31. The SMILES string of the molecule is OC1CC2CC(c3ccccc3)C1C(c1ccccc1)C2. The molecule has 3 fully saturated rings. The van der Waals surface area contributed by atoms with Crippen molar-refractivity contribution in [3.63, 3.8) is 0 Å². The molecule has 0 aromatic heterocycles. The number of fused-ring (bicyclic) bond motifs is 3. The van der Waals surface area contributed by atoms with Gasteiger partial charge in [-0.2, -0.15) is 0 Å². The van der Waals surface area contributed by atoms with Crippen molar-refractivity contribution in [2.45, 2.75) is 37.2 Å². The van der Waals surface area contributed by atoms with Crippen LogP contribution in [0.25, 0.3) is 0 Å². The molecule has 108 valence electrons. The third-order valence-corrected chi connectivity index (χ3v) is 5.58. The first-order valence-corrected chi connectivity index (χ1v) is 8.11. The van der Waals surface area contributed by atoms with E-state index in [1.165, 1.54) is 24.0 Å². The van der Waals surface area contributed by atoms with E-state index in [4.69, 9.17) is 0 Å². The summed E-state index contributed by atoms with van der Waals surface area (Å²) in [5.74, 6) is 2.07. The van der Waals surface area contributed by atoms with Gasteiger partial charge in [0.1, 0.15) is 0 Å². The summed E-state index contributed by atoms with van der Waals surface area (Å²) in [5, 5.41) is 10.7. The van der Waals surface area contributed by atoms with Crippen molar-refractivity contribution in [3.8, 4) is 0 Å². The van der Waals surface area contributed by atoms with Crippen LogP contribution in [0, 0.1) is 11.8 Å². The Balaban J connectivity index is 1.71. The highest BCUT2D eigenvalue weighted by molar-refractivity contribution is 5.29. The lowest BCUT2D eigenvalue weighted by molar-refractivity contribution is -0.0279. The van der Waals surface area contributed by atoms with Gasteiger partial charge in [-0.1, -0.05) is 60.7 Å². The van der Waals surface area contributed by atoms with Gasteiger partial charge < -0.3 is 5.11 Å². The molecule has 3 saturated carbocycles. The van der Waals surface area contributed by atoms with E-state index in [0.717, 1.165) is 6.42 Å². The molecule has 2 aromatic carbocycles. The van der Waals surface area contributed by atoms with Crippen LogP contribution in [0.1, 0.15) is 42.2 Å².